The number of hydrogen-bond donors (Lipinski definition) is 1. The summed E-state index contributed by atoms with van der Waals surface area (Å²) in [4.78, 5) is 12.5. The Kier molecular flexibility index (Phi) is 5.66. The van der Waals surface area contributed by atoms with E-state index < -0.39 is 34.7 Å². The molecule has 0 fully saturated rings. The largest absolute Gasteiger partial charge is 0.460 e. The summed E-state index contributed by atoms with van der Waals surface area (Å²) in [7, 11) is 0. The number of rotatable bonds is 5. The highest BCUT2D eigenvalue weighted by Crippen LogP contribution is 2.33. The van der Waals surface area contributed by atoms with Crippen LogP contribution < -0.4 is 5.73 Å². The topological polar surface area (TPSA) is 78.6 Å². The molecular weight excluding hydrogens is 419 g/mol. The van der Waals surface area contributed by atoms with Crippen molar-refractivity contribution in [3.8, 4) is 0 Å². The third-order valence-corrected chi connectivity index (χ3v) is 5.02. The lowest BCUT2D eigenvalue weighted by Gasteiger charge is -2.09. The first-order valence-corrected chi connectivity index (χ1v) is 9.46. The molecule has 2 unspecified atom stereocenters. The molecule has 2 aromatic rings. The number of halogens is 4. The molecule has 0 spiro atoms. The Morgan fingerprint density at radius 3 is 2.29 bits per heavy atom. The summed E-state index contributed by atoms with van der Waals surface area (Å²) in [5.74, 6) is -1.54. The Labute approximate surface area is 165 Å². The molecule has 0 aliphatic carbocycles. The number of alkyl halides is 3. The van der Waals surface area contributed by atoms with Gasteiger partial charge in [-0.15, -0.1) is 0 Å². The maximum absolute atomic E-state index is 12.6. The van der Waals surface area contributed by atoms with Crippen LogP contribution in [-0.2, 0) is 36.7 Å². The van der Waals surface area contributed by atoms with Gasteiger partial charge in [0.2, 0.25) is 28.5 Å². The van der Waals surface area contributed by atoms with E-state index in [0.29, 0.717) is 16.1 Å². The van der Waals surface area contributed by atoms with Gasteiger partial charge in [0.15, 0.2) is 6.10 Å². The minimum absolute atomic E-state index is 0.228. The highest BCUT2D eigenvalue weighted by molar-refractivity contribution is 7.79. The lowest BCUT2D eigenvalue weighted by Crippen LogP contribution is -2.13. The van der Waals surface area contributed by atoms with Crippen LogP contribution in [0.15, 0.2) is 60.2 Å². The highest BCUT2D eigenvalue weighted by Gasteiger charge is 2.38. The summed E-state index contributed by atoms with van der Waals surface area (Å²) in [5.41, 5.74) is 5.67. The molecule has 148 valence electrons. The summed E-state index contributed by atoms with van der Waals surface area (Å²) < 4.78 is 60.3. The zero-order valence-electron chi connectivity index (χ0n) is 14.0. The number of carbonyl (C=O) groups excluding carboxylic acids is 1. The molecule has 1 aliphatic rings. The Balaban J connectivity index is 1.66. The van der Waals surface area contributed by atoms with Crippen LogP contribution in [0.1, 0.15) is 22.8 Å². The molecule has 1 aliphatic heterocycles. The highest BCUT2D eigenvalue weighted by atomic mass is 35.5. The van der Waals surface area contributed by atoms with E-state index in [4.69, 9.17) is 26.3 Å². The molecule has 2 atom stereocenters. The van der Waals surface area contributed by atoms with Crippen LogP contribution >= 0.6 is 11.6 Å². The molecule has 1 heterocycles. The number of ketones is 1. The van der Waals surface area contributed by atoms with Crippen molar-refractivity contribution >= 4 is 28.5 Å². The maximum Gasteiger partial charge on any atom is 0.416 e. The molecule has 0 radical (unpaired) electrons. The van der Waals surface area contributed by atoms with Crippen LogP contribution in [0.3, 0.4) is 0 Å². The SMILES string of the molecule is NC1=C(OS(=O)Cc2ccc(C(F)(F)F)cc2)C(=O)C(c2ccc(Cl)cc2)O1. The second-order valence-corrected chi connectivity index (χ2v) is 7.33. The summed E-state index contributed by atoms with van der Waals surface area (Å²) in [6.45, 7) is 0. The van der Waals surface area contributed by atoms with Crippen molar-refractivity contribution in [1.29, 1.82) is 0 Å². The maximum atomic E-state index is 12.6. The molecule has 28 heavy (non-hydrogen) atoms. The molecule has 0 saturated heterocycles. The van der Waals surface area contributed by atoms with E-state index >= 15 is 0 Å². The third kappa shape index (κ3) is 4.48. The first-order valence-electron chi connectivity index (χ1n) is 7.84. The summed E-state index contributed by atoms with van der Waals surface area (Å²) >= 11 is 3.76. The predicted molar refractivity (Wildman–Crippen MR) is 95.9 cm³/mol. The minimum atomic E-state index is -4.46. The van der Waals surface area contributed by atoms with Gasteiger partial charge in [0.25, 0.3) is 0 Å². The molecule has 0 saturated carbocycles. The van der Waals surface area contributed by atoms with Gasteiger partial charge in [-0.05, 0) is 29.8 Å². The normalized spacial score (nSPS) is 18.1. The Morgan fingerprint density at radius 2 is 1.71 bits per heavy atom. The molecule has 5 nitrogen and oxygen atoms in total. The minimum Gasteiger partial charge on any atom is -0.460 e. The first-order chi connectivity index (χ1) is 13.1. The number of carbonyl (C=O) groups is 1. The van der Waals surface area contributed by atoms with Gasteiger partial charge in [0.1, 0.15) is 0 Å². The zero-order valence-corrected chi connectivity index (χ0v) is 15.6. The number of nitrogens with two attached hydrogens (primary N) is 1. The van der Waals surface area contributed by atoms with E-state index in [2.05, 4.69) is 0 Å². The number of ether oxygens (including phenoxy) is 1. The van der Waals surface area contributed by atoms with Gasteiger partial charge in [0, 0.05) is 10.6 Å². The molecule has 2 N–H and O–H groups in total. The van der Waals surface area contributed by atoms with Crippen molar-refractivity contribution in [2.45, 2.75) is 18.0 Å². The first kappa shape index (κ1) is 20.2. The van der Waals surface area contributed by atoms with Crippen LogP contribution in [0.25, 0.3) is 0 Å². The van der Waals surface area contributed by atoms with Gasteiger partial charge in [-0.1, -0.05) is 35.9 Å². The molecule has 0 bridgehead atoms. The van der Waals surface area contributed by atoms with Crippen LogP contribution in [-0.4, -0.2) is 9.99 Å². The second kappa shape index (κ2) is 7.84. The van der Waals surface area contributed by atoms with Crippen molar-refractivity contribution in [2.75, 3.05) is 0 Å². The third-order valence-electron chi connectivity index (χ3n) is 3.85. The van der Waals surface area contributed by atoms with Crippen LogP contribution in [0.5, 0.6) is 0 Å². The summed E-state index contributed by atoms with van der Waals surface area (Å²) in [6, 6.07) is 10.4. The van der Waals surface area contributed by atoms with Crippen LogP contribution in [0, 0.1) is 0 Å². The Hall–Kier alpha value is -2.52. The van der Waals surface area contributed by atoms with Gasteiger partial charge in [-0.3, -0.25) is 4.79 Å². The molecule has 0 amide bonds. The Bertz CT molecular complexity index is 943. The molecule has 2 aromatic carbocycles. The molecular formula is C18H13ClF3NO4S. The fourth-order valence-electron chi connectivity index (χ4n) is 2.46. The smallest absolute Gasteiger partial charge is 0.416 e. The van der Waals surface area contributed by atoms with Gasteiger partial charge in [-0.2, -0.15) is 13.2 Å². The van der Waals surface area contributed by atoms with Crippen molar-refractivity contribution in [1.82, 2.24) is 0 Å². The van der Waals surface area contributed by atoms with E-state index in [1.165, 1.54) is 12.1 Å². The lowest BCUT2D eigenvalue weighted by molar-refractivity contribution is -0.137. The monoisotopic (exact) mass is 431 g/mol. The van der Waals surface area contributed by atoms with E-state index in [1.54, 1.807) is 24.3 Å². The van der Waals surface area contributed by atoms with E-state index in [-0.39, 0.29) is 17.4 Å². The van der Waals surface area contributed by atoms with Gasteiger partial charge in [0.05, 0.1) is 11.3 Å². The van der Waals surface area contributed by atoms with Crippen molar-refractivity contribution in [3.63, 3.8) is 0 Å². The zero-order chi connectivity index (χ0) is 20.5. The summed E-state index contributed by atoms with van der Waals surface area (Å²) in [6.07, 6.45) is -5.51. The van der Waals surface area contributed by atoms with Gasteiger partial charge < -0.3 is 14.7 Å². The number of hydrogen-bond acceptors (Lipinski definition) is 5. The van der Waals surface area contributed by atoms with Crippen molar-refractivity contribution in [3.05, 3.63) is 81.9 Å². The lowest BCUT2D eigenvalue weighted by atomic mass is 10.1. The predicted octanol–water partition coefficient (Wildman–Crippen LogP) is 4.01. The molecule has 10 heteroatoms. The summed E-state index contributed by atoms with van der Waals surface area (Å²) in [5, 5.41) is 0.476. The number of benzene rings is 2. The van der Waals surface area contributed by atoms with Gasteiger partial charge in [-0.25, -0.2) is 4.21 Å². The van der Waals surface area contributed by atoms with E-state index in [0.717, 1.165) is 12.1 Å². The van der Waals surface area contributed by atoms with Crippen LogP contribution in [0.4, 0.5) is 13.2 Å². The fraction of sp³-hybridized carbons (Fsp3) is 0.167. The van der Waals surface area contributed by atoms with E-state index in [1.807, 2.05) is 0 Å². The average Bonchev–Trinajstić information content (AvgIpc) is 2.90. The fourth-order valence-corrected chi connectivity index (χ4v) is 3.46. The molecule has 0 aromatic heterocycles. The van der Waals surface area contributed by atoms with E-state index in [9.17, 15) is 22.2 Å². The van der Waals surface area contributed by atoms with Crippen LogP contribution in [0.2, 0.25) is 5.02 Å². The average molecular weight is 432 g/mol. The Morgan fingerprint density at radius 1 is 1.11 bits per heavy atom. The van der Waals surface area contributed by atoms with Crippen molar-refractivity contribution < 1.29 is 31.1 Å². The quantitative estimate of drug-likeness (QED) is 0.774. The standard InChI is InChI=1S/C18H13ClF3NO4S/c19-13-7-3-11(4-8-13)15-14(24)16(17(23)26-15)27-28(25)9-10-1-5-12(6-2-10)18(20,21)22/h1-8,15H,9,23H2. The molecule has 3 rings (SSSR count). The number of Topliss-reactive ketones (excluding diaryl/α,β-unsaturated/α-hetero) is 1. The second-order valence-electron chi connectivity index (χ2n) is 5.83. The van der Waals surface area contributed by atoms with Crippen molar-refractivity contribution in [2.24, 2.45) is 5.73 Å². The van der Waals surface area contributed by atoms with Gasteiger partial charge >= 0.3 is 6.18 Å².